The molecule has 0 bridgehead atoms. The number of fused-ring (bicyclic) bond motifs is 1. The summed E-state index contributed by atoms with van der Waals surface area (Å²) in [6, 6.07) is 14.3. The van der Waals surface area contributed by atoms with Crippen molar-refractivity contribution in [1.29, 1.82) is 0 Å². The summed E-state index contributed by atoms with van der Waals surface area (Å²) in [4.78, 5) is 18.6. The van der Waals surface area contributed by atoms with Gasteiger partial charge in [-0.05, 0) is 31.2 Å². The summed E-state index contributed by atoms with van der Waals surface area (Å²) < 4.78 is 28.5. The number of sulfonamides is 1. The zero-order valence-electron chi connectivity index (χ0n) is 15.5. The van der Waals surface area contributed by atoms with Gasteiger partial charge in [-0.1, -0.05) is 24.3 Å². The second-order valence-electron chi connectivity index (χ2n) is 6.84. The van der Waals surface area contributed by atoms with Crippen molar-refractivity contribution in [2.45, 2.75) is 18.4 Å². The van der Waals surface area contributed by atoms with Crippen LogP contribution in [0.3, 0.4) is 0 Å². The number of piperazine rings is 1. The van der Waals surface area contributed by atoms with Gasteiger partial charge in [-0.25, -0.2) is 13.4 Å². The molecule has 146 valence electrons. The van der Waals surface area contributed by atoms with E-state index in [1.165, 1.54) is 22.0 Å². The Morgan fingerprint density at radius 1 is 1.07 bits per heavy atom. The van der Waals surface area contributed by atoms with Crippen LogP contribution in [0.15, 0.2) is 53.4 Å². The lowest BCUT2D eigenvalue weighted by atomic mass is 10.2. The van der Waals surface area contributed by atoms with E-state index >= 15 is 0 Å². The first kappa shape index (κ1) is 19.2. The zero-order chi connectivity index (χ0) is 19.7. The average Bonchev–Trinajstić information content (AvgIpc) is 3.10. The largest absolute Gasteiger partial charge is 0.295 e. The Bertz CT molecular complexity index is 1080. The molecule has 1 fully saturated rings. The van der Waals surface area contributed by atoms with Crippen LogP contribution in [0.2, 0.25) is 0 Å². The van der Waals surface area contributed by atoms with E-state index < -0.39 is 10.0 Å². The number of Topliss-reactive ketones (excluding diaryl/α,β-unsaturated/α-hetero) is 1. The molecule has 0 atom stereocenters. The van der Waals surface area contributed by atoms with Gasteiger partial charge in [0.2, 0.25) is 10.0 Å². The van der Waals surface area contributed by atoms with Crippen molar-refractivity contribution in [2.75, 3.05) is 26.2 Å². The second kappa shape index (κ2) is 7.71. The van der Waals surface area contributed by atoms with Crippen molar-refractivity contribution in [3.05, 3.63) is 59.1 Å². The third kappa shape index (κ3) is 3.86. The zero-order valence-corrected chi connectivity index (χ0v) is 17.2. The molecule has 3 aromatic rings. The average molecular weight is 416 g/mol. The minimum absolute atomic E-state index is 0.141. The molecule has 0 N–H and O–H groups in total. The molecule has 1 saturated heterocycles. The number of nitrogens with zero attached hydrogens (tertiary/aromatic N) is 3. The van der Waals surface area contributed by atoms with Gasteiger partial charge in [-0.2, -0.15) is 4.31 Å². The summed E-state index contributed by atoms with van der Waals surface area (Å²) in [5, 5.41) is 1.05. The second-order valence-corrected chi connectivity index (χ2v) is 9.89. The third-order valence-electron chi connectivity index (χ3n) is 4.91. The molecule has 1 aliphatic heterocycles. The predicted octanol–water partition coefficient (Wildman–Crippen LogP) is 3.01. The monoisotopic (exact) mass is 415 g/mol. The van der Waals surface area contributed by atoms with Crippen LogP contribution < -0.4 is 0 Å². The molecule has 0 unspecified atom stereocenters. The quantitative estimate of drug-likeness (QED) is 0.599. The van der Waals surface area contributed by atoms with E-state index in [4.69, 9.17) is 0 Å². The molecular formula is C20H21N3O3S2. The molecule has 1 aliphatic rings. The molecule has 4 rings (SSSR count). The normalized spacial score (nSPS) is 16.5. The van der Waals surface area contributed by atoms with Crippen molar-refractivity contribution >= 4 is 37.4 Å². The molecular weight excluding hydrogens is 394 g/mol. The van der Waals surface area contributed by atoms with Crippen LogP contribution in [-0.2, 0) is 16.6 Å². The summed E-state index contributed by atoms with van der Waals surface area (Å²) in [5.41, 5.74) is 1.42. The Labute approximate surface area is 168 Å². The minimum atomic E-state index is -3.59. The van der Waals surface area contributed by atoms with Crippen molar-refractivity contribution < 1.29 is 13.2 Å². The lowest BCUT2D eigenvalue weighted by Gasteiger charge is -2.33. The molecule has 8 heteroatoms. The molecule has 0 aliphatic carbocycles. The first-order valence-corrected chi connectivity index (χ1v) is 11.4. The summed E-state index contributed by atoms with van der Waals surface area (Å²) in [6.45, 7) is 4.33. The van der Waals surface area contributed by atoms with Crippen LogP contribution in [0.4, 0.5) is 0 Å². The number of benzene rings is 2. The topological polar surface area (TPSA) is 70.6 Å². The van der Waals surface area contributed by atoms with E-state index in [0.29, 0.717) is 31.7 Å². The van der Waals surface area contributed by atoms with Gasteiger partial charge in [0.15, 0.2) is 5.78 Å². The van der Waals surface area contributed by atoms with E-state index in [2.05, 4.69) is 16.0 Å². The maximum absolute atomic E-state index is 12.9. The highest BCUT2D eigenvalue weighted by Crippen LogP contribution is 2.24. The SMILES string of the molecule is CC(=O)c1cccc(S(=O)(=O)N2CCN(Cc3nc4ccccc4s3)CC2)c1. The smallest absolute Gasteiger partial charge is 0.243 e. The van der Waals surface area contributed by atoms with Crippen LogP contribution in [0.5, 0.6) is 0 Å². The highest BCUT2D eigenvalue weighted by Gasteiger charge is 2.29. The standard InChI is InChI=1S/C20H21N3O3S2/c1-15(24)16-5-4-6-17(13-16)28(25,26)23-11-9-22(10-12-23)14-20-21-18-7-2-3-8-19(18)27-20/h2-8,13H,9-12,14H2,1H3. The Hall–Kier alpha value is -2.13. The van der Waals surface area contributed by atoms with Crippen LogP contribution in [0, 0.1) is 0 Å². The van der Waals surface area contributed by atoms with E-state index in [-0.39, 0.29) is 10.7 Å². The molecule has 2 heterocycles. The first-order valence-electron chi connectivity index (χ1n) is 9.11. The van der Waals surface area contributed by atoms with E-state index in [9.17, 15) is 13.2 Å². The fourth-order valence-electron chi connectivity index (χ4n) is 3.33. The first-order chi connectivity index (χ1) is 13.4. The fourth-order valence-corrected chi connectivity index (χ4v) is 5.81. The Kier molecular flexibility index (Phi) is 5.29. The lowest BCUT2D eigenvalue weighted by molar-refractivity contribution is 0.101. The van der Waals surface area contributed by atoms with E-state index in [1.54, 1.807) is 29.5 Å². The molecule has 0 spiro atoms. The predicted molar refractivity (Wildman–Crippen MR) is 110 cm³/mol. The maximum Gasteiger partial charge on any atom is 0.243 e. The molecule has 6 nitrogen and oxygen atoms in total. The molecule has 28 heavy (non-hydrogen) atoms. The van der Waals surface area contributed by atoms with Crippen molar-refractivity contribution in [3.8, 4) is 0 Å². The molecule has 2 aromatic carbocycles. The van der Waals surface area contributed by atoms with Gasteiger partial charge in [0.25, 0.3) is 0 Å². The number of carbonyl (C=O) groups is 1. The van der Waals surface area contributed by atoms with Gasteiger partial charge in [-0.3, -0.25) is 9.69 Å². The Morgan fingerprint density at radius 3 is 2.54 bits per heavy atom. The molecule has 0 amide bonds. The number of thiazole rings is 1. The summed E-state index contributed by atoms with van der Waals surface area (Å²) >= 11 is 1.68. The highest BCUT2D eigenvalue weighted by molar-refractivity contribution is 7.89. The van der Waals surface area contributed by atoms with Gasteiger partial charge in [-0.15, -0.1) is 11.3 Å². The highest BCUT2D eigenvalue weighted by atomic mass is 32.2. The van der Waals surface area contributed by atoms with Crippen LogP contribution in [0.1, 0.15) is 22.3 Å². The summed E-state index contributed by atoms with van der Waals surface area (Å²) in [7, 11) is -3.59. The van der Waals surface area contributed by atoms with Crippen LogP contribution >= 0.6 is 11.3 Å². The molecule has 1 aromatic heterocycles. The van der Waals surface area contributed by atoms with Gasteiger partial charge >= 0.3 is 0 Å². The van der Waals surface area contributed by atoms with Crippen molar-refractivity contribution in [1.82, 2.24) is 14.2 Å². The summed E-state index contributed by atoms with van der Waals surface area (Å²) in [6.07, 6.45) is 0. The number of rotatable bonds is 5. The number of hydrogen-bond acceptors (Lipinski definition) is 6. The van der Waals surface area contributed by atoms with Crippen molar-refractivity contribution in [2.24, 2.45) is 0 Å². The number of aromatic nitrogens is 1. The summed E-state index contributed by atoms with van der Waals surface area (Å²) in [5.74, 6) is -0.141. The number of ketones is 1. The third-order valence-corrected chi connectivity index (χ3v) is 7.82. The van der Waals surface area contributed by atoms with E-state index in [0.717, 1.165) is 17.1 Å². The number of carbonyl (C=O) groups excluding carboxylic acids is 1. The Morgan fingerprint density at radius 2 is 1.82 bits per heavy atom. The van der Waals surface area contributed by atoms with Crippen molar-refractivity contribution in [3.63, 3.8) is 0 Å². The minimum Gasteiger partial charge on any atom is -0.295 e. The van der Waals surface area contributed by atoms with Gasteiger partial charge < -0.3 is 0 Å². The Balaban J connectivity index is 1.43. The van der Waals surface area contributed by atoms with Crippen LogP contribution in [-0.4, -0.2) is 54.6 Å². The van der Waals surface area contributed by atoms with E-state index in [1.807, 2.05) is 18.2 Å². The fraction of sp³-hybridized carbons (Fsp3) is 0.300. The van der Waals surface area contributed by atoms with Gasteiger partial charge in [0.05, 0.1) is 21.7 Å². The maximum atomic E-state index is 12.9. The van der Waals surface area contributed by atoms with Gasteiger partial charge in [0.1, 0.15) is 5.01 Å². The number of hydrogen-bond donors (Lipinski definition) is 0. The number of para-hydroxylation sites is 1. The molecule has 0 saturated carbocycles. The lowest BCUT2D eigenvalue weighted by Crippen LogP contribution is -2.48. The molecule has 0 radical (unpaired) electrons. The van der Waals surface area contributed by atoms with Gasteiger partial charge in [0, 0.05) is 31.7 Å². The van der Waals surface area contributed by atoms with Crippen LogP contribution in [0.25, 0.3) is 10.2 Å².